The SMILES string of the molecule is CN(C)c1cc(F)cc(-c2ccc(Cl)c(Cl)c2)c1. The molecule has 0 N–H and O–H groups in total. The van der Waals surface area contributed by atoms with E-state index in [0.717, 1.165) is 16.8 Å². The van der Waals surface area contributed by atoms with Gasteiger partial charge in [-0.2, -0.15) is 0 Å². The normalized spacial score (nSPS) is 10.5. The van der Waals surface area contributed by atoms with E-state index in [4.69, 9.17) is 23.2 Å². The number of anilines is 1. The molecule has 2 aromatic carbocycles. The van der Waals surface area contributed by atoms with Gasteiger partial charge in [0.1, 0.15) is 5.82 Å². The molecular weight excluding hydrogens is 272 g/mol. The minimum absolute atomic E-state index is 0.276. The van der Waals surface area contributed by atoms with Crippen LogP contribution in [0.2, 0.25) is 10.0 Å². The molecule has 2 rings (SSSR count). The summed E-state index contributed by atoms with van der Waals surface area (Å²) >= 11 is 11.8. The van der Waals surface area contributed by atoms with Crippen molar-refractivity contribution in [2.24, 2.45) is 0 Å². The van der Waals surface area contributed by atoms with Crippen LogP contribution in [-0.4, -0.2) is 14.1 Å². The number of benzene rings is 2. The summed E-state index contributed by atoms with van der Waals surface area (Å²) in [5.74, 6) is -0.276. The van der Waals surface area contributed by atoms with E-state index >= 15 is 0 Å². The lowest BCUT2D eigenvalue weighted by molar-refractivity contribution is 0.628. The highest BCUT2D eigenvalue weighted by atomic mass is 35.5. The second-order valence-corrected chi connectivity index (χ2v) is 5.04. The summed E-state index contributed by atoms with van der Waals surface area (Å²) in [5, 5.41) is 0.953. The zero-order valence-electron chi connectivity index (χ0n) is 10.0. The van der Waals surface area contributed by atoms with Crippen molar-refractivity contribution in [2.75, 3.05) is 19.0 Å². The molecule has 0 aliphatic carbocycles. The first kappa shape index (κ1) is 13.2. The fourth-order valence-corrected chi connectivity index (χ4v) is 1.97. The van der Waals surface area contributed by atoms with Crippen molar-refractivity contribution >= 4 is 28.9 Å². The van der Waals surface area contributed by atoms with E-state index in [-0.39, 0.29) is 5.82 Å². The van der Waals surface area contributed by atoms with Crippen molar-refractivity contribution in [1.82, 2.24) is 0 Å². The van der Waals surface area contributed by atoms with Gasteiger partial charge < -0.3 is 4.90 Å². The molecule has 0 saturated heterocycles. The van der Waals surface area contributed by atoms with Crippen LogP contribution in [0.3, 0.4) is 0 Å². The zero-order chi connectivity index (χ0) is 13.3. The summed E-state index contributed by atoms with van der Waals surface area (Å²) in [6.45, 7) is 0. The molecule has 0 aliphatic rings. The van der Waals surface area contributed by atoms with Crippen LogP contribution in [0.25, 0.3) is 11.1 Å². The van der Waals surface area contributed by atoms with Crippen LogP contribution >= 0.6 is 23.2 Å². The summed E-state index contributed by atoms with van der Waals surface area (Å²) in [6.07, 6.45) is 0. The Hall–Kier alpha value is -1.25. The Morgan fingerprint density at radius 1 is 0.889 bits per heavy atom. The van der Waals surface area contributed by atoms with Crippen molar-refractivity contribution in [3.63, 3.8) is 0 Å². The summed E-state index contributed by atoms with van der Waals surface area (Å²) in [5.41, 5.74) is 2.42. The molecule has 94 valence electrons. The number of rotatable bonds is 2. The highest BCUT2D eigenvalue weighted by Crippen LogP contribution is 2.30. The maximum absolute atomic E-state index is 13.6. The highest BCUT2D eigenvalue weighted by Gasteiger charge is 2.06. The minimum atomic E-state index is -0.276. The van der Waals surface area contributed by atoms with Crippen LogP contribution in [0.4, 0.5) is 10.1 Å². The Bertz CT molecular complexity index is 582. The predicted octanol–water partition coefficient (Wildman–Crippen LogP) is 4.87. The molecule has 2 aromatic rings. The number of hydrogen-bond acceptors (Lipinski definition) is 1. The molecule has 0 aromatic heterocycles. The first-order chi connectivity index (χ1) is 8.47. The van der Waals surface area contributed by atoms with Gasteiger partial charge in [-0.3, -0.25) is 0 Å². The number of halogens is 3. The molecule has 0 radical (unpaired) electrons. The monoisotopic (exact) mass is 283 g/mol. The Morgan fingerprint density at radius 3 is 2.22 bits per heavy atom. The van der Waals surface area contributed by atoms with Gasteiger partial charge in [-0.15, -0.1) is 0 Å². The third-order valence-electron chi connectivity index (χ3n) is 2.65. The molecule has 1 nitrogen and oxygen atoms in total. The maximum Gasteiger partial charge on any atom is 0.125 e. The molecule has 0 unspecified atom stereocenters. The van der Waals surface area contributed by atoms with Crippen LogP contribution in [0, 0.1) is 5.82 Å². The van der Waals surface area contributed by atoms with Crippen LogP contribution in [0.1, 0.15) is 0 Å². The number of hydrogen-bond donors (Lipinski definition) is 0. The van der Waals surface area contributed by atoms with Crippen LogP contribution in [0.15, 0.2) is 36.4 Å². The van der Waals surface area contributed by atoms with Gasteiger partial charge in [0, 0.05) is 19.8 Å². The molecule has 0 saturated carbocycles. The molecule has 0 fully saturated rings. The molecule has 0 atom stereocenters. The van der Waals surface area contributed by atoms with E-state index in [0.29, 0.717) is 10.0 Å². The Labute approximate surface area is 116 Å². The topological polar surface area (TPSA) is 3.24 Å². The average molecular weight is 284 g/mol. The second-order valence-electron chi connectivity index (χ2n) is 4.22. The molecular formula is C14H12Cl2FN. The lowest BCUT2D eigenvalue weighted by Crippen LogP contribution is -2.08. The molecule has 0 amide bonds. The van der Waals surface area contributed by atoms with E-state index in [2.05, 4.69) is 0 Å². The smallest absolute Gasteiger partial charge is 0.125 e. The van der Waals surface area contributed by atoms with Gasteiger partial charge in [-0.1, -0.05) is 29.3 Å². The number of nitrogens with zero attached hydrogens (tertiary/aromatic N) is 1. The van der Waals surface area contributed by atoms with Crippen molar-refractivity contribution in [1.29, 1.82) is 0 Å². The molecule has 0 bridgehead atoms. The quantitative estimate of drug-likeness (QED) is 0.760. The van der Waals surface area contributed by atoms with E-state index in [9.17, 15) is 4.39 Å². The lowest BCUT2D eigenvalue weighted by atomic mass is 10.0. The van der Waals surface area contributed by atoms with Gasteiger partial charge in [0.25, 0.3) is 0 Å². The first-order valence-electron chi connectivity index (χ1n) is 5.41. The summed E-state index contributed by atoms with van der Waals surface area (Å²) in [4.78, 5) is 1.85. The van der Waals surface area contributed by atoms with Gasteiger partial charge in [0.05, 0.1) is 10.0 Å². The average Bonchev–Trinajstić information content (AvgIpc) is 2.31. The zero-order valence-corrected chi connectivity index (χ0v) is 11.6. The predicted molar refractivity (Wildman–Crippen MR) is 76.2 cm³/mol. The van der Waals surface area contributed by atoms with Crippen molar-refractivity contribution in [3.8, 4) is 11.1 Å². The van der Waals surface area contributed by atoms with E-state index in [1.54, 1.807) is 12.1 Å². The largest absolute Gasteiger partial charge is 0.378 e. The molecule has 0 spiro atoms. The maximum atomic E-state index is 13.6. The van der Waals surface area contributed by atoms with Gasteiger partial charge in [0.15, 0.2) is 0 Å². The third kappa shape index (κ3) is 2.77. The minimum Gasteiger partial charge on any atom is -0.378 e. The molecule has 18 heavy (non-hydrogen) atoms. The fourth-order valence-electron chi connectivity index (χ4n) is 1.67. The molecule has 0 aliphatic heterocycles. The molecule has 4 heteroatoms. The van der Waals surface area contributed by atoms with Crippen molar-refractivity contribution in [3.05, 3.63) is 52.3 Å². The summed E-state index contributed by atoms with van der Waals surface area (Å²) in [7, 11) is 3.74. The Balaban J connectivity index is 2.53. The van der Waals surface area contributed by atoms with Gasteiger partial charge in [-0.25, -0.2) is 4.39 Å². The van der Waals surface area contributed by atoms with Crippen molar-refractivity contribution < 1.29 is 4.39 Å². The first-order valence-corrected chi connectivity index (χ1v) is 6.16. The highest BCUT2D eigenvalue weighted by molar-refractivity contribution is 6.42. The third-order valence-corrected chi connectivity index (χ3v) is 3.39. The fraction of sp³-hybridized carbons (Fsp3) is 0.143. The van der Waals surface area contributed by atoms with E-state index < -0.39 is 0 Å². The van der Waals surface area contributed by atoms with Crippen LogP contribution in [-0.2, 0) is 0 Å². The van der Waals surface area contributed by atoms with Crippen molar-refractivity contribution in [2.45, 2.75) is 0 Å². The van der Waals surface area contributed by atoms with Gasteiger partial charge in [0.2, 0.25) is 0 Å². The Kier molecular flexibility index (Phi) is 3.79. The van der Waals surface area contributed by atoms with Gasteiger partial charge >= 0.3 is 0 Å². The van der Waals surface area contributed by atoms with Gasteiger partial charge in [-0.05, 0) is 41.5 Å². The van der Waals surface area contributed by atoms with E-state index in [1.807, 2.05) is 31.1 Å². The lowest BCUT2D eigenvalue weighted by Gasteiger charge is -2.14. The molecule has 0 heterocycles. The Morgan fingerprint density at radius 2 is 1.61 bits per heavy atom. The van der Waals surface area contributed by atoms with Crippen LogP contribution in [0.5, 0.6) is 0 Å². The van der Waals surface area contributed by atoms with Crippen LogP contribution < -0.4 is 4.90 Å². The van der Waals surface area contributed by atoms with E-state index in [1.165, 1.54) is 12.1 Å². The second kappa shape index (κ2) is 5.17. The standard InChI is InChI=1S/C14H12Cl2FN/c1-18(2)12-6-10(5-11(17)8-12)9-3-4-13(15)14(16)7-9/h3-8H,1-2H3. The summed E-state index contributed by atoms with van der Waals surface area (Å²) in [6, 6.07) is 10.1. The summed E-state index contributed by atoms with van der Waals surface area (Å²) < 4.78 is 13.6.